The molecule has 0 saturated carbocycles. The van der Waals surface area contributed by atoms with Crippen LogP contribution in [0.3, 0.4) is 0 Å². The van der Waals surface area contributed by atoms with E-state index in [1.807, 2.05) is 0 Å². The zero-order valence-electron chi connectivity index (χ0n) is 14.7. The van der Waals surface area contributed by atoms with Crippen molar-refractivity contribution in [1.82, 2.24) is 0 Å². The minimum atomic E-state index is -4.06. The number of halogens is 3. The molecule has 0 fully saturated rings. The second-order valence-corrected chi connectivity index (χ2v) is 9.99. The van der Waals surface area contributed by atoms with E-state index < -0.39 is 15.9 Å². The quantitative estimate of drug-likeness (QED) is 0.458. The van der Waals surface area contributed by atoms with Gasteiger partial charge in [0.2, 0.25) is 0 Å². The molecule has 152 valence electrons. The highest BCUT2D eigenvalue weighted by Crippen LogP contribution is 2.33. The predicted molar refractivity (Wildman–Crippen MR) is 118 cm³/mol. The number of methoxy groups -OCH3 is 1. The summed E-state index contributed by atoms with van der Waals surface area (Å²) in [5.74, 6) is -0.426. The molecule has 2 N–H and O–H groups in total. The van der Waals surface area contributed by atoms with Crippen molar-refractivity contribution in [3.63, 3.8) is 0 Å². The molecule has 0 aliphatic rings. The average Bonchev–Trinajstić information content (AvgIpc) is 3.01. The number of thiophene rings is 1. The fourth-order valence-electron chi connectivity index (χ4n) is 2.40. The molecule has 1 aromatic heterocycles. The number of ether oxygens (including phenoxy) is 1. The molecule has 0 aliphatic heterocycles. The first-order valence-electron chi connectivity index (χ1n) is 7.93. The van der Waals surface area contributed by atoms with Crippen molar-refractivity contribution in [1.29, 1.82) is 0 Å². The van der Waals surface area contributed by atoms with E-state index in [2.05, 4.69) is 10.0 Å². The Morgan fingerprint density at radius 3 is 2.41 bits per heavy atom. The van der Waals surface area contributed by atoms with Crippen LogP contribution in [0.4, 0.5) is 11.4 Å². The lowest BCUT2D eigenvalue weighted by molar-refractivity contribution is 0.102. The number of hydrogen-bond donors (Lipinski definition) is 2. The van der Waals surface area contributed by atoms with Crippen molar-refractivity contribution in [2.75, 3.05) is 17.1 Å². The molecule has 3 aromatic rings. The number of benzene rings is 2. The van der Waals surface area contributed by atoms with Gasteiger partial charge in [-0.2, -0.15) is 0 Å². The minimum Gasteiger partial charge on any atom is -0.495 e. The van der Waals surface area contributed by atoms with Gasteiger partial charge in [0.1, 0.15) is 15.0 Å². The normalized spacial score (nSPS) is 11.2. The Balaban J connectivity index is 1.93. The molecule has 6 nitrogen and oxygen atoms in total. The molecule has 0 saturated heterocycles. The highest BCUT2D eigenvalue weighted by Gasteiger charge is 2.22. The fraction of sp³-hybridized carbons (Fsp3) is 0.0556. The van der Waals surface area contributed by atoms with E-state index in [1.54, 1.807) is 18.2 Å². The number of para-hydroxylation sites is 1. The summed E-state index contributed by atoms with van der Waals surface area (Å²) in [7, 11) is -2.72. The zero-order chi connectivity index (χ0) is 21.2. The van der Waals surface area contributed by atoms with Crippen molar-refractivity contribution >= 4 is 73.4 Å². The van der Waals surface area contributed by atoms with Crippen LogP contribution in [-0.2, 0) is 10.0 Å². The first kappa shape index (κ1) is 21.7. The third-order valence-corrected chi connectivity index (χ3v) is 6.93. The third kappa shape index (κ3) is 4.96. The van der Waals surface area contributed by atoms with Gasteiger partial charge in [0.05, 0.1) is 27.7 Å². The van der Waals surface area contributed by atoms with Gasteiger partial charge in [-0.1, -0.05) is 46.9 Å². The molecule has 0 aliphatic carbocycles. The molecule has 0 unspecified atom stereocenters. The Morgan fingerprint density at radius 2 is 1.79 bits per heavy atom. The van der Waals surface area contributed by atoms with Gasteiger partial charge in [-0.05, 0) is 36.4 Å². The molecular formula is C18H13Cl3N2O4S2. The number of nitrogens with one attached hydrogen (secondary N) is 2. The Hall–Kier alpha value is -1.97. The van der Waals surface area contributed by atoms with Crippen LogP contribution >= 0.6 is 46.1 Å². The molecule has 0 atom stereocenters. The summed E-state index contributed by atoms with van der Waals surface area (Å²) in [6, 6.07) is 12.1. The predicted octanol–water partition coefficient (Wildman–Crippen LogP) is 5.77. The molecule has 1 amide bonds. The molecule has 0 radical (unpaired) electrons. The number of rotatable bonds is 6. The van der Waals surface area contributed by atoms with Crippen molar-refractivity contribution in [3.05, 3.63) is 67.8 Å². The van der Waals surface area contributed by atoms with E-state index in [-0.39, 0.29) is 36.9 Å². The molecule has 2 aromatic carbocycles. The number of anilines is 2. The maximum Gasteiger partial charge on any atom is 0.265 e. The SMILES string of the molecule is COc1ccc(NC(=O)c2cc(Cl)sc2Cl)cc1S(=O)(=O)Nc1ccccc1Cl. The molecule has 11 heteroatoms. The van der Waals surface area contributed by atoms with E-state index >= 15 is 0 Å². The minimum absolute atomic E-state index is 0.0964. The fourth-order valence-corrected chi connectivity index (χ4v) is 5.37. The van der Waals surface area contributed by atoms with E-state index in [0.29, 0.717) is 4.34 Å². The highest BCUT2D eigenvalue weighted by molar-refractivity contribution is 7.92. The lowest BCUT2D eigenvalue weighted by Crippen LogP contribution is -2.16. The van der Waals surface area contributed by atoms with Crippen LogP contribution in [0.1, 0.15) is 10.4 Å². The van der Waals surface area contributed by atoms with Gasteiger partial charge < -0.3 is 10.1 Å². The molecule has 29 heavy (non-hydrogen) atoms. The summed E-state index contributed by atoms with van der Waals surface area (Å²) in [5, 5.41) is 2.84. The summed E-state index contributed by atoms with van der Waals surface area (Å²) in [4.78, 5) is 12.3. The van der Waals surface area contributed by atoms with E-state index in [1.165, 1.54) is 37.4 Å². The van der Waals surface area contributed by atoms with Gasteiger partial charge in [-0.15, -0.1) is 11.3 Å². The van der Waals surface area contributed by atoms with Gasteiger partial charge in [-0.3, -0.25) is 9.52 Å². The summed E-state index contributed by atoms with van der Waals surface area (Å²) in [5.41, 5.74) is 0.634. The molecular weight excluding hydrogens is 479 g/mol. The van der Waals surface area contributed by atoms with Crippen molar-refractivity contribution in [3.8, 4) is 5.75 Å². The third-order valence-electron chi connectivity index (χ3n) is 3.73. The average molecular weight is 492 g/mol. The largest absolute Gasteiger partial charge is 0.495 e. The van der Waals surface area contributed by atoms with Crippen LogP contribution in [0.2, 0.25) is 13.7 Å². The highest BCUT2D eigenvalue weighted by atomic mass is 35.5. The van der Waals surface area contributed by atoms with Crippen molar-refractivity contribution in [2.24, 2.45) is 0 Å². The lowest BCUT2D eigenvalue weighted by atomic mass is 10.2. The van der Waals surface area contributed by atoms with Crippen LogP contribution < -0.4 is 14.8 Å². The van der Waals surface area contributed by atoms with Gasteiger partial charge in [-0.25, -0.2) is 8.42 Å². The lowest BCUT2D eigenvalue weighted by Gasteiger charge is -2.14. The van der Waals surface area contributed by atoms with Gasteiger partial charge in [0, 0.05) is 5.69 Å². The topological polar surface area (TPSA) is 84.5 Å². The first-order valence-corrected chi connectivity index (χ1v) is 11.4. The van der Waals surface area contributed by atoms with Crippen molar-refractivity contribution < 1.29 is 17.9 Å². The van der Waals surface area contributed by atoms with Crippen LogP contribution in [0, 0.1) is 0 Å². The molecule has 0 bridgehead atoms. The summed E-state index contributed by atoms with van der Waals surface area (Å²) in [6.07, 6.45) is 0. The van der Waals surface area contributed by atoms with Crippen LogP contribution in [0.25, 0.3) is 0 Å². The van der Waals surface area contributed by atoms with E-state index in [9.17, 15) is 13.2 Å². The maximum absolute atomic E-state index is 12.9. The van der Waals surface area contributed by atoms with Gasteiger partial charge in [0.15, 0.2) is 0 Å². The van der Waals surface area contributed by atoms with Crippen LogP contribution in [-0.4, -0.2) is 21.4 Å². The van der Waals surface area contributed by atoms with Gasteiger partial charge in [0.25, 0.3) is 15.9 Å². The number of sulfonamides is 1. The number of hydrogen-bond acceptors (Lipinski definition) is 5. The summed E-state index contributed by atoms with van der Waals surface area (Å²) < 4.78 is 34.0. The Bertz CT molecular complexity index is 1180. The van der Waals surface area contributed by atoms with Crippen molar-refractivity contribution in [2.45, 2.75) is 4.90 Å². The van der Waals surface area contributed by atoms with E-state index in [0.717, 1.165) is 11.3 Å². The molecule has 1 heterocycles. The Morgan fingerprint density at radius 1 is 1.07 bits per heavy atom. The maximum atomic E-state index is 12.9. The Labute approximate surface area is 186 Å². The summed E-state index contributed by atoms with van der Waals surface area (Å²) >= 11 is 19.0. The molecule has 3 rings (SSSR count). The summed E-state index contributed by atoms with van der Waals surface area (Å²) in [6.45, 7) is 0. The van der Waals surface area contributed by atoms with Gasteiger partial charge >= 0.3 is 0 Å². The van der Waals surface area contributed by atoms with Crippen LogP contribution in [0.15, 0.2) is 53.4 Å². The Kier molecular flexibility index (Phi) is 6.60. The number of carbonyl (C=O) groups excluding carboxylic acids is 1. The standard InChI is InChI=1S/C18H13Cl3N2O4S2/c1-27-14-7-6-10(22-18(24)11-9-16(20)28-17(11)21)8-15(14)29(25,26)23-13-5-3-2-4-12(13)19/h2-9,23H,1H3,(H,22,24). The molecule has 0 spiro atoms. The second-order valence-electron chi connectivity index (χ2n) is 5.64. The zero-order valence-corrected chi connectivity index (χ0v) is 18.6. The monoisotopic (exact) mass is 490 g/mol. The number of carbonyl (C=O) groups is 1. The number of amides is 1. The second kappa shape index (κ2) is 8.81. The smallest absolute Gasteiger partial charge is 0.265 e. The van der Waals surface area contributed by atoms with E-state index in [4.69, 9.17) is 39.5 Å². The van der Waals surface area contributed by atoms with Crippen LogP contribution in [0.5, 0.6) is 5.75 Å². The first-order chi connectivity index (χ1) is 13.7.